The molecule has 0 aliphatic heterocycles. The van der Waals surface area contributed by atoms with Crippen LogP contribution in [0.1, 0.15) is 33.1 Å². The van der Waals surface area contributed by atoms with Crippen LogP contribution >= 0.6 is 0 Å². The maximum atomic E-state index is 9.97. The Bertz CT molecular complexity index is 279. The van der Waals surface area contributed by atoms with Crippen molar-refractivity contribution in [1.29, 1.82) is 0 Å². The van der Waals surface area contributed by atoms with Gasteiger partial charge in [0, 0.05) is 4.91 Å². The van der Waals surface area contributed by atoms with Gasteiger partial charge in [-0.2, -0.15) is 0 Å². The Labute approximate surface area is 84.3 Å². The summed E-state index contributed by atoms with van der Waals surface area (Å²) in [6.07, 6.45) is 2.32. The molecule has 0 amide bonds. The summed E-state index contributed by atoms with van der Waals surface area (Å²) in [6.45, 7) is 7.63. The predicted octanol–water partition coefficient (Wildman–Crippen LogP) is 2.79. The fourth-order valence-electron chi connectivity index (χ4n) is 1.96. The van der Waals surface area contributed by atoms with Crippen LogP contribution in [0.3, 0.4) is 0 Å². The maximum absolute atomic E-state index is 9.97. The minimum absolute atomic E-state index is 0.317. The summed E-state index contributed by atoms with van der Waals surface area (Å²) in [4.78, 5) is 2.78. The lowest BCUT2D eigenvalue weighted by Gasteiger charge is -2.38. The van der Waals surface area contributed by atoms with Gasteiger partial charge in [-0.3, -0.25) is 0 Å². The summed E-state index contributed by atoms with van der Waals surface area (Å²) < 4.78 is 0. The Hall–Kier alpha value is -0.990. The standard InChI is InChI=1S/C10H17N3O/c1-7(2)8-4-5-10(3,14)9(6-8)12-13-11/h8-9,14H,1,4-6H2,2-3H3. The van der Waals surface area contributed by atoms with Crippen molar-refractivity contribution in [1.82, 2.24) is 0 Å². The van der Waals surface area contributed by atoms with Gasteiger partial charge in [-0.25, -0.2) is 0 Å². The van der Waals surface area contributed by atoms with Crippen LogP contribution in [0.15, 0.2) is 17.3 Å². The first-order valence-electron chi connectivity index (χ1n) is 4.89. The molecule has 3 unspecified atom stereocenters. The third-order valence-corrected chi connectivity index (χ3v) is 3.11. The highest BCUT2D eigenvalue weighted by Crippen LogP contribution is 2.36. The van der Waals surface area contributed by atoms with E-state index in [1.807, 2.05) is 6.92 Å². The van der Waals surface area contributed by atoms with Gasteiger partial charge in [0.15, 0.2) is 0 Å². The molecule has 0 saturated heterocycles. The molecule has 0 aromatic heterocycles. The zero-order valence-electron chi connectivity index (χ0n) is 8.77. The molecular weight excluding hydrogens is 178 g/mol. The number of hydrogen-bond acceptors (Lipinski definition) is 2. The summed E-state index contributed by atoms with van der Waals surface area (Å²) in [6, 6.07) is -0.317. The van der Waals surface area contributed by atoms with E-state index < -0.39 is 5.60 Å². The molecule has 0 aromatic rings. The van der Waals surface area contributed by atoms with Crippen LogP contribution in [-0.4, -0.2) is 16.7 Å². The Morgan fingerprint density at radius 1 is 1.71 bits per heavy atom. The van der Waals surface area contributed by atoms with Gasteiger partial charge < -0.3 is 5.11 Å². The molecule has 0 aromatic carbocycles. The Morgan fingerprint density at radius 3 is 2.86 bits per heavy atom. The molecule has 4 heteroatoms. The van der Waals surface area contributed by atoms with E-state index in [0.717, 1.165) is 12.0 Å². The smallest absolute Gasteiger partial charge is 0.0704 e. The van der Waals surface area contributed by atoms with Gasteiger partial charge in [0.2, 0.25) is 0 Å². The van der Waals surface area contributed by atoms with Crippen LogP contribution in [0.5, 0.6) is 0 Å². The molecule has 3 atom stereocenters. The van der Waals surface area contributed by atoms with Crippen molar-refractivity contribution in [2.24, 2.45) is 11.0 Å². The van der Waals surface area contributed by atoms with E-state index in [9.17, 15) is 5.11 Å². The third kappa shape index (κ3) is 2.28. The first kappa shape index (κ1) is 11.1. The molecule has 1 saturated carbocycles. The summed E-state index contributed by atoms with van der Waals surface area (Å²) in [5, 5.41) is 13.6. The van der Waals surface area contributed by atoms with E-state index in [1.165, 1.54) is 0 Å². The van der Waals surface area contributed by atoms with Crippen molar-refractivity contribution < 1.29 is 5.11 Å². The van der Waals surface area contributed by atoms with Gasteiger partial charge in [-0.1, -0.05) is 17.3 Å². The summed E-state index contributed by atoms with van der Waals surface area (Å²) in [7, 11) is 0. The number of rotatable bonds is 2. The first-order chi connectivity index (χ1) is 6.47. The van der Waals surface area contributed by atoms with Gasteiger partial charge in [0.05, 0.1) is 11.6 Å². The quantitative estimate of drug-likeness (QED) is 0.313. The molecule has 0 heterocycles. The molecule has 4 nitrogen and oxygen atoms in total. The van der Waals surface area contributed by atoms with Gasteiger partial charge in [0.1, 0.15) is 0 Å². The highest BCUT2D eigenvalue weighted by atomic mass is 16.3. The van der Waals surface area contributed by atoms with Crippen LogP contribution in [0.25, 0.3) is 10.4 Å². The molecule has 1 aliphatic carbocycles. The van der Waals surface area contributed by atoms with Gasteiger partial charge in [0.25, 0.3) is 0 Å². The lowest BCUT2D eigenvalue weighted by Crippen LogP contribution is -2.43. The number of nitrogens with zero attached hydrogens (tertiary/aromatic N) is 3. The van der Waals surface area contributed by atoms with E-state index >= 15 is 0 Å². The van der Waals surface area contributed by atoms with Gasteiger partial charge in [-0.05, 0) is 44.6 Å². The summed E-state index contributed by atoms with van der Waals surface area (Å²) in [5.74, 6) is 0.380. The molecule has 1 rings (SSSR count). The van der Waals surface area contributed by atoms with E-state index in [-0.39, 0.29) is 6.04 Å². The van der Waals surface area contributed by atoms with E-state index in [1.54, 1.807) is 6.92 Å². The number of allylic oxidation sites excluding steroid dienone is 1. The normalized spacial score (nSPS) is 37.4. The number of aliphatic hydroxyl groups is 1. The highest BCUT2D eigenvalue weighted by molar-refractivity contribution is 5.05. The molecular formula is C10H17N3O. The van der Waals surface area contributed by atoms with Crippen molar-refractivity contribution in [3.8, 4) is 0 Å². The lowest BCUT2D eigenvalue weighted by molar-refractivity contribution is -0.00621. The monoisotopic (exact) mass is 195 g/mol. The molecule has 78 valence electrons. The van der Waals surface area contributed by atoms with Crippen molar-refractivity contribution in [3.63, 3.8) is 0 Å². The van der Waals surface area contributed by atoms with Crippen LogP contribution in [-0.2, 0) is 0 Å². The second-order valence-corrected chi connectivity index (χ2v) is 4.40. The maximum Gasteiger partial charge on any atom is 0.0704 e. The van der Waals surface area contributed by atoms with Crippen molar-refractivity contribution in [3.05, 3.63) is 22.6 Å². The average Bonchev–Trinajstić information content (AvgIpc) is 2.08. The fraction of sp³-hybridized carbons (Fsp3) is 0.800. The van der Waals surface area contributed by atoms with Gasteiger partial charge in [-0.15, -0.1) is 0 Å². The second-order valence-electron chi connectivity index (χ2n) is 4.40. The molecule has 14 heavy (non-hydrogen) atoms. The second kappa shape index (κ2) is 4.03. The van der Waals surface area contributed by atoms with Crippen LogP contribution in [0, 0.1) is 5.92 Å². The van der Waals surface area contributed by atoms with E-state index in [4.69, 9.17) is 5.53 Å². The number of azide groups is 1. The largest absolute Gasteiger partial charge is 0.390 e. The minimum Gasteiger partial charge on any atom is -0.390 e. The summed E-state index contributed by atoms with van der Waals surface area (Å²) >= 11 is 0. The van der Waals surface area contributed by atoms with Crippen molar-refractivity contribution in [2.75, 3.05) is 0 Å². The van der Waals surface area contributed by atoms with Crippen LogP contribution < -0.4 is 0 Å². The average molecular weight is 195 g/mol. The Morgan fingerprint density at radius 2 is 2.36 bits per heavy atom. The Kier molecular flexibility index (Phi) is 3.19. The first-order valence-corrected chi connectivity index (χ1v) is 4.89. The minimum atomic E-state index is -0.849. The predicted molar refractivity (Wildman–Crippen MR) is 55.7 cm³/mol. The number of hydrogen-bond donors (Lipinski definition) is 1. The zero-order valence-corrected chi connectivity index (χ0v) is 8.77. The molecule has 0 bridgehead atoms. The zero-order chi connectivity index (χ0) is 10.8. The molecule has 1 N–H and O–H groups in total. The molecule has 0 radical (unpaired) electrons. The van der Waals surface area contributed by atoms with Crippen molar-refractivity contribution >= 4 is 0 Å². The van der Waals surface area contributed by atoms with Crippen LogP contribution in [0.4, 0.5) is 0 Å². The molecule has 1 fully saturated rings. The lowest BCUT2D eigenvalue weighted by atomic mass is 9.74. The van der Waals surface area contributed by atoms with E-state index in [2.05, 4.69) is 16.6 Å². The highest BCUT2D eigenvalue weighted by Gasteiger charge is 2.37. The van der Waals surface area contributed by atoms with E-state index in [0.29, 0.717) is 18.8 Å². The van der Waals surface area contributed by atoms with Gasteiger partial charge >= 0.3 is 0 Å². The fourth-order valence-corrected chi connectivity index (χ4v) is 1.96. The molecule has 1 aliphatic rings. The topological polar surface area (TPSA) is 69.0 Å². The summed E-state index contributed by atoms with van der Waals surface area (Å²) in [5.41, 5.74) is 8.66. The van der Waals surface area contributed by atoms with Crippen LogP contribution in [0.2, 0.25) is 0 Å². The SMILES string of the molecule is C=C(C)C1CCC(C)(O)C(N=[N+]=[N-])C1. The molecule has 0 spiro atoms. The van der Waals surface area contributed by atoms with Crippen molar-refractivity contribution in [2.45, 2.75) is 44.8 Å². The Balaban J connectivity index is 2.77. The third-order valence-electron chi connectivity index (χ3n) is 3.11.